The predicted molar refractivity (Wildman–Crippen MR) is 90.7 cm³/mol. The van der Waals surface area contributed by atoms with Crippen LogP contribution in [0.25, 0.3) is 21.9 Å². The van der Waals surface area contributed by atoms with Crippen molar-refractivity contribution >= 4 is 39.2 Å². The molecule has 1 aliphatic rings. The van der Waals surface area contributed by atoms with Crippen LogP contribution in [0.3, 0.4) is 0 Å². The number of nitrogens with one attached hydrogen (secondary N) is 2. The van der Waals surface area contributed by atoms with E-state index in [1.54, 1.807) is 19.4 Å². The number of carbonyl (C=O) groups excluding carboxylic acids is 1. The van der Waals surface area contributed by atoms with Crippen LogP contribution in [-0.4, -0.2) is 23.0 Å². The van der Waals surface area contributed by atoms with E-state index < -0.39 is 0 Å². The third kappa shape index (κ3) is 2.18. The summed E-state index contributed by atoms with van der Waals surface area (Å²) in [7, 11) is 1.58. The molecule has 0 aliphatic heterocycles. The molecule has 1 aliphatic carbocycles. The van der Waals surface area contributed by atoms with Gasteiger partial charge in [0.25, 0.3) is 0 Å². The molecule has 2 heterocycles. The first-order chi connectivity index (χ1) is 11.1. The summed E-state index contributed by atoms with van der Waals surface area (Å²) in [6, 6.07) is 3.81. The number of carbonyl (C=O) groups is 1. The van der Waals surface area contributed by atoms with Gasteiger partial charge in [-0.15, -0.1) is 0 Å². The van der Waals surface area contributed by atoms with Crippen molar-refractivity contribution in [3.8, 4) is 5.75 Å². The molecule has 118 valence electrons. The molecule has 2 aromatic heterocycles. The minimum absolute atomic E-state index is 0.0471. The zero-order valence-electron chi connectivity index (χ0n) is 13.1. The molecular weight excluding hydrogens is 292 g/mol. The lowest BCUT2D eigenvalue weighted by Gasteiger charge is -2.12. The summed E-state index contributed by atoms with van der Waals surface area (Å²) >= 11 is 0. The van der Waals surface area contributed by atoms with E-state index in [0.717, 1.165) is 40.3 Å². The van der Waals surface area contributed by atoms with Gasteiger partial charge >= 0.3 is 0 Å². The Morgan fingerprint density at radius 2 is 2.22 bits per heavy atom. The number of amides is 1. The first-order valence-corrected chi connectivity index (χ1v) is 7.64. The number of pyridine rings is 1. The lowest BCUT2D eigenvalue weighted by atomic mass is 10.1. The number of benzene rings is 1. The molecule has 0 unspecified atom stereocenters. The van der Waals surface area contributed by atoms with E-state index in [1.807, 2.05) is 13.0 Å². The number of hydrogen-bond acceptors (Lipinski definition) is 4. The number of methoxy groups -OCH3 is 1. The van der Waals surface area contributed by atoms with Gasteiger partial charge in [-0.3, -0.25) is 4.79 Å². The zero-order chi connectivity index (χ0) is 16.1. The number of nitrogen functional groups attached to an aromatic ring is 1. The summed E-state index contributed by atoms with van der Waals surface area (Å²) in [5, 5.41) is 4.85. The number of aromatic nitrogens is 2. The largest absolute Gasteiger partial charge is 0.492 e. The molecule has 0 saturated heterocycles. The van der Waals surface area contributed by atoms with Crippen molar-refractivity contribution in [1.82, 2.24) is 9.97 Å². The Morgan fingerprint density at radius 1 is 1.43 bits per heavy atom. The van der Waals surface area contributed by atoms with Gasteiger partial charge in [-0.2, -0.15) is 0 Å². The lowest BCUT2D eigenvalue weighted by Crippen LogP contribution is -2.13. The molecule has 1 amide bonds. The van der Waals surface area contributed by atoms with E-state index >= 15 is 0 Å². The van der Waals surface area contributed by atoms with Crippen molar-refractivity contribution in [3.05, 3.63) is 23.9 Å². The molecule has 1 fully saturated rings. The first-order valence-electron chi connectivity index (χ1n) is 7.64. The van der Waals surface area contributed by atoms with Gasteiger partial charge in [0.15, 0.2) is 5.75 Å². The highest BCUT2D eigenvalue weighted by atomic mass is 16.5. The Kier molecular flexibility index (Phi) is 2.94. The van der Waals surface area contributed by atoms with Gasteiger partial charge in [-0.05, 0) is 37.5 Å². The van der Waals surface area contributed by atoms with Crippen LogP contribution in [0.4, 0.5) is 11.4 Å². The topological polar surface area (TPSA) is 93.0 Å². The van der Waals surface area contributed by atoms with Gasteiger partial charge in [0.2, 0.25) is 5.91 Å². The van der Waals surface area contributed by atoms with Gasteiger partial charge in [0.1, 0.15) is 5.65 Å². The van der Waals surface area contributed by atoms with Crippen molar-refractivity contribution in [2.24, 2.45) is 5.92 Å². The number of aryl methyl sites for hydroxylation is 1. The fourth-order valence-corrected chi connectivity index (χ4v) is 2.96. The fourth-order valence-electron chi connectivity index (χ4n) is 2.96. The normalized spacial score (nSPS) is 14.3. The van der Waals surface area contributed by atoms with Crippen LogP contribution in [0.5, 0.6) is 5.75 Å². The van der Waals surface area contributed by atoms with Crippen molar-refractivity contribution in [1.29, 1.82) is 0 Å². The molecule has 23 heavy (non-hydrogen) atoms. The van der Waals surface area contributed by atoms with Crippen LogP contribution in [0.15, 0.2) is 18.3 Å². The maximum atomic E-state index is 12.2. The molecule has 6 heteroatoms. The molecule has 1 aromatic carbocycles. The van der Waals surface area contributed by atoms with Crippen molar-refractivity contribution in [3.63, 3.8) is 0 Å². The smallest absolute Gasteiger partial charge is 0.227 e. The van der Waals surface area contributed by atoms with Crippen LogP contribution in [0.2, 0.25) is 0 Å². The number of rotatable bonds is 3. The fraction of sp³-hybridized carbons (Fsp3) is 0.294. The molecule has 4 rings (SSSR count). The Balaban J connectivity index is 2.01. The summed E-state index contributed by atoms with van der Waals surface area (Å²) in [6.45, 7) is 1.99. The highest BCUT2D eigenvalue weighted by molar-refractivity contribution is 6.18. The van der Waals surface area contributed by atoms with Crippen LogP contribution in [0.1, 0.15) is 18.4 Å². The molecule has 4 N–H and O–H groups in total. The maximum absolute atomic E-state index is 12.2. The summed E-state index contributed by atoms with van der Waals surface area (Å²) in [4.78, 5) is 19.9. The van der Waals surface area contributed by atoms with E-state index in [1.165, 1.54) is 0 Å². The van der Waals surface area contributed by atoms with E-state index in [9.17, 15) is 4.79 Å². The SMILES string of the molecule is COc1c(N)cc(NC(=O)C2CC2)c2c1[nH]c1ncc(C)cc12. The Bertz CT molecular complexity index is 941. The number of hydrogen-bond donors (Lipinski definition) is 3. The second-order valence-electron chi connectivity index (χ2n) is 6.09. The second-order valence-corrected chi connectivity index (χ2v) is 6.09. The van der Waals surface area contributed by atoms with Gasteiger partial charge < -0.3 is 20.8 Å². The lowest BCUT2D eigenvalue weighted by molar-refractivity contribution is -0.117. The molecule has 0 atom stereocenters. The third-order valence-corrected chi connectivity index (χ3v) is 4.26. The minimum Gasteiger partial charge on any atom is -0.492 e. The van der Waals surface area contributed by atoms with E-state index in [-0.39, 0.29) is 11.8 Å². The van der Waals surface area contributed by atoms with Gasteiger partial charge in [-0.1, -0.05) is 0 Å². The number of nitrogens with two attached hydrogens (primary N) is 1. The molecular formula is C17H18N4O2. The van der Waals surface area contributed by atoms with E-state index in [2.05, 4.69) is 15.3 Å². The molecule has 3 aromatic rings. The average Bonchev–Trinajstić information content (AvgIpc) is 3.29. The summed E-state index contributed by atoms with van der Waals surface area (Å²) < 4.78 is 5.44. The Hall–Kier alpha value is -2.76. The molecule has 0 spiro atoms. The van der Waals surface area contributed by atoms with E-state index in [4.69, 9.17) is 10.5 Å². The number of anilines is 2. The number of H-pyrrole nitrogens is 1. The molecule has 0 radical (unpaired) electrons. The summed E-state index contributed by atoms with van der Waals surface area (Å²) in [6.07, 6.45) is 3.71. The standard InChI is InChI=1S/C17H18N4O2/c1-8-5-10-13-12(20-17(22)9-3-4-9)6-11(18)15(23-2)14(13)21-16(10)19-7-8/h5-7,9H,3-4,18H2,1-2H3,(H,19,21)(H,20,22). The number of ether oxygens (including phenoxy) is 1. The molecule has 1 saturated carbocycles. The maximum Gasteiger partial charge on any atom is 0.227 e. The van der Waals surface area contributed by atoms with Crippen LogP contribution >= 0.6 is 0 Å². The number of fused-ring (bicyclic) bond motifs is 3. The van der Waals surface area contributed by atoms with Crippen molar-refractivity contribution < 1.29 is 9.53 Å². The molecule has 6 nitrogen and oxygen atoms in total. The predicted octanol–water partition coefficient (Wildman–Crippen LogP) is 2.96. The summed E-state index contributed by atoms with van der Waals surface area (Å²) in [5.74, 6) is 0.740. The highest BCUT2D eigenvalue weighted by Gasteiger charge is 2.30. The zero-order valence-corrected chi connectivity index (χ0v) is 13.1. The monoisotopic (exact) mass is 310 g/mol. The third-order valence-electron chi connectivity index (χ3n) is 4.26. The molecule has 0 bridgehead atoms. The average molecular weight is 310 g/mol. The van der Waals surface area contributed by atoms with Crippen molar-refractivity contribution in [2.75, 3.05) is 18.2 Å². The second kappa shape index (κ2) is 4.87. The number of aromatic amines is 1. The van der Waals surface area contributed by atoms with Gasteiger partial charge in [0, 0.05) is 22.9 Å². The highest BCUT2D eigenvalue weighted by Crippen LogP contribution is 2.41. The number of nitrogens with zero attached hydrogens (tertiary/aromatic N) is 1. The van der Waals surface area contributed by atoms with E-state index in [0.29, 0.717) is 17.1 Å². The van der Waals surface area contributed by atoms with Crippen molar-refractivity contribution in [2.45, 2.75) is 19.8 Å². The first kappa shape index (κ1) is 13.9. The van der Waals surface area contributed by atoms with Gasteiger partial charge in [0.05, 0.1) is 24.0 Å². The summed E-state index contributed by atoms with van der Waals surface area (Å²) in [5.41, 5.74) is 9.84. The van der Waals surface area contributed by atoms with Crippen LogP contribution < -0.4 is 15.8 Å². The van der Waals surface area contributed by atoms with Crippen LogP contribution in [-0.2, 0) is 4.79 Å². The Morgan fingerprint density at radius 3 is 2.91 bits per heavy atom. The quantitative estimate of drug-likeness (QED) is 0.648. The van der Waals surface area contributed by atoms with Crippen LogP contribution in [0, 0.1) is 12.8 Å². The minimum atomic E-state index is 0.0471. The Labute approximate surface area is 133 Å². The van der Waals surface area contributed by atoms with Gasteiger partial charge in [-0.25, -0.2) is 4.98 Å².